The number of pyridine rings is 1. The van der Waals surface area contributed by atoms with Crippen LogP contribution in [-0.4, -0.2) is 15.6 Å². The predicted octanol–water partition coefficient (Wildman–Crippen LogP) is 1.05. The van der Waals surface area contributed by atoms with Crippen LogP contribution in [0.5, 0.6) is 0 Å². The van der Waals surface area contributed by atoms with E-state index in [0.717, 1.165) is 4.88 Å². The molecule has 0 atom stereocenters. The molecule has 0 fully saturated rings. The Morgan fingerprint density at radius 2 is 2.29 bits per heavy atom. The van der Waals surface area contributed by atoms with E-state index in [0.29, 0.717) is 6.54 Å². The fraction of sp³-hybridized carbons (Fsp3) is 0.0909. The Labute approximate surface area is 101 Å². The van der Waals surface area contributed by atoms with E-state index in [-0.39, 0.29) is 17.0 Å². The van der Waals surface area contributed by atoms with Crippen molar-refractivity contribution in [3.8, 4) is 0 Å². The highest BCUT2D eigenvalue weighted by molar-refractivity contribution is 7.09. The summed E-state index contributed by atoms with van der Waals surface area (Å²) in [6.45, 7) is 0.489. The van der Waals surface area contributed by atoms with Gasteiger partial charge in [0.15, 0.2) is 5.84 Å². The number of hydrogen-bond donors (Lipinski definition) is 2. The molecule has 0 saturated heterocycles. The summed E-state index contributed by atoms with van der Waals surface area (Å²) in [7, 11) is 0. The maximum atomic E-state index is 12.0. The van der Waals surface area contributed by atoms with Crippen molar-refractivity contribution < 1.29 is 5.21 Å². The van der Waals surface area contributed by atoms with E-state index in [9.17, 15) is 4.79 Å². The van der Waals surface area contributed by atoms with Crippen molar-refractivity contribution in [1.82, 2.24) is 4.57 Å². The molecule has 6 heteroatoms. The monoisotopic (exact) mass is 249 g/mol. The zero-order valence-corrected chi connectivity index (χ0v) is 9.72. The van der Waals surface area contributed by atoms with Crippen LogP contribution in [0.2, 0.25) is 0 Å². The van der Waals surface area contributed by atoms with Crippen LogP contribution >= 0.6 is 11.3 Å². The van der Waals surface area contributed by atoms with Gasteiger partial charge in [0, 0.05) is 11.1 Å². The molecular weight excluding hydrogens is 238 g/mol. The van der Waals surface area contributed by atoms with Gasteiger partial charge in [0.05, 0.1) is 12.1 Å². The average molecular weight is 249 g/mol. The lowest BCUT2D eigenvalue weighted by Crippen LogP contribution is -2.29. The second-order valence-electron chi connectivity index (χ2n) is 3.42. The summed E-state index contributed by atoms with van der Waals surface area (Å²) in [6, 6.07) is 7.11. The maximum absolute atomic E-state index is 12.0. The van der Waals surface area contributed by atoms with Crippen molar-refractivity contribution in [3.63, 3.8) is 0 Å². The molecule has 0 radical (unpaired) electrons. The largest absolute Gasteiger partial charge is 0.409 e. The Hall–Kier alpha value is -2.08. The quantitative estimate of drug-likeness (QED) is 0.369. The molecular formula is C11H11N3O2S. The Balaban J connectivity index is 2.40. The number of nitrogens with zero attached hydrogens (tertiary/aromatic N) is 2. The van der Waals surface area contributed by atoms with Gasteiger partial charge >= 0.3 is 0 Å². The van der Waals surface area contributed by atoms with Crippen LogP contribution in [0.15, 0.2) is 45.8 Å². The number of nitrogens with two attached hydrogens (primary N) is 1. The molecule has 2 aromatic rings. The summed E-state index contributed by atoms with van der Waals surface area (Å²) in [4.78, 5) is 13.1. The molecule has 0 aromatic carbocycles. The molecule has 0 amide bonds. The minimum Gasteiger partial charge on any atom is -0.409 e. The van der Waals surface area contributed by atoms with E-state index < -0.39 is 0 Å². The Bertz CT molecular complexity index is 587. The standard InChI is InChI=1S/C11H11N3O2S/c12-10(13-16)9-4-1-5-14(11(9)15)7-8-3-2-6-17-8/h1-6,16H,7H2,(H2,12,13). The lowest BCUT2D eigenvalue weighted by atomic mass is 10.2. The second-order valence-corrected chi connectivity index (χ2v) is 4.45. The first kappa shape index (κ1) is 11.4. The highest BCUT2D eigenvalue weighted by Gasteiger charge is 2.07. The minimum atomic E-state index is -0.267. The summed E-state index contributed by atoms with van der Waals surface area (Å²) >= 11 is 1.58. The lowest BCUT2D eigenvalue weighted by Gasteiger charge is -2.05. The van der Waals surface area contributed by atoms with Crippen molar-refractivity contribution in [3.05, 3.63) is 56.6 Å². The molecule has 17 heavy (non-hydrogen) atoms. The van der Waals surface area contributed by atoms with E-state index in [1.54, 1.807) is 23.6 Å². The lowest BCUT2D eigenvalue weighted by molar-refractivity contribution is 0.318. The number of amidine groups is 1. The van der Waals surface area contributed by atoms with Crippen molar-refractivity contribution in [2.75, 3.05) is 0 Å². The molecule has 88 valence electrons. The summed E-state index contributed by atoms with van der Waals surface area (Å²) < 4.78 is 1.53. The fourth-order valence-corrected chi connectivity index (χ4v) is 2.18. The zero-order chi connectivity index (χ0) is 12.3. The van der Waals surface area contributed by atoms with Crippen LogP contribution in [0, 0.1) is 0 Å². The first-order valence-electron chi connectivity index (χ1n) is 4.92. The van der Waals surface area contributed by atoms with E-state index in [1.165, 1.54) is 10.6 Å². The Morgan fingerprint density at radius 1 is 1.47 bits per heavy atom. The van der Waals surface area contributed by atoms with Crippen LogP contribution in [0.4, 0.5) is 0 Å². The molecule has 2 aromatic heterocycles. The smallest absolute Gasteiger partial charge is 0.262 e. The highest BCUT2D eigenvalue weighted by atomic mass is 32.1. The van der Waals surface area contributed by atoms with E-state index >= 15 is 0 Å². The molecule has 5 nitrogen and oxygen atoms in total. The van der Waals surface area contributed by atoms with Crippen molar-refractivity contribution >= 4 is 17.2 Å². The molecule has 0 spiro atoms. The molecule has 0 aliphatic carbocycles. The fourth-order valence-electron chi connectivity index (χ4n) is 1.48. The van der Waals surface area contributed by atoms with Crippen molar-refractivity contribution in [2.24, 2.45) is 10.9 Å². The normalized spacial score (nSPS) is 11.6. The van der Waals surface area contributed by atoms with Crippen LogP contribution in [-0.2, 0) is 6.54 Å². The first-order chi connectivity index (χ1) is 8.22. The molecule has 2 rings (SSSR count). The van der Waals surface area contributed by atoms with Gasteiger partial charge in [0.2, 0.25) is 0 Å². The topological polar surface area (TPSA) is 80.6 Å². The number of hydrogen-bond acceptors (Lipinski definition) is 4. The highest BCUT2D eigenvalue weighted by Crippen LogP contribution is 2.09. The average Bonchev–Trinajstić information content (AvgIpc) is 2.84. The third-order valence-electron chi connectivity index (χ3n) is 2.31. The van der Waals surface area contributed by atoms with Crippen molar-refractivity contribution in [1.29, 1.82) is 0 Å². The van der Waals surface area contributed by atoms with Gasteiger partial charge in [0.25, 0.3) is 5.56 Å². The number of rotatable bonds is 3. The van der Waals surface area contributed by atoms with Crippen LogP contribution in [0.3, 0.4) is 0 Å². The van der Waals surface area contributed by atoms with Crippen LogP contribution in [0.1, 0.15) is 10.4 Å². The van der Waals surface area contributed by atoms with Crippen LogP contribution < -0.4 is 11.3 Å². The Kier molecular flexibility index (Phi) is 3.24. The second kappa shape index (κ2) is 4.84. The van der Waals surface area contributed by atoms with Gasteiger partial charge < -0.3 is 15.5 Å². The van der Waals surface area contributed by atoms with E-state index in [2.05, 4.69) is 5.16 Å². The van der Waals surface area contributed by atoms with Crippen molar-refractivity contribution in [2.45, 2.75) is 6.54 Å². The molecule has 0 unspecified atom stereocenters. The van der Waals surface area contributed by atoms with Gasteiger partial charge in [0.1, 0.15) is 0 Å². The summed E-state index contributed by atoms with van der Waals surface area (Å²) in [5.74, 6) is -0.171. The maximum Gasteiger partial charge on any atom is 0.262 e. The SMILES string of the molecule is N/C(=N/O)c1cccn(Cc2cccs2)c1=O. The minimum absolute atomic E-state index is 0.171. The van der Waals surface area contributed by atoms with Gasteiger partial charge in [-0.1, -0.05) is 11.2 Å². The van der Waals surface area contributed by atoms with E-state index in [1.807, 2.05) is 17.5 Å². The molecule has 0 aliphatic heterocycles. The van der Waals surface area contributed by atoms with Crippen LogP contribution in [0.25, 0.3) is 0 Å². The van der Waals surface area contributed by atoms with Gasteiger partial charge in [-0.15, -0.1) is 11.3 Å². The number of aromatic nitrogens is 1. The predicted molar refractivity (Wildman–Crippen MR) is 66.6 cm³/mol. The zero-order valence-electron chi connectivity index (χ0n) is 8.91. The molecule has 0 aliphatic rings. The Morgan fingerprint density at radius 3 is 2.94 bits per heavy atom. The summed E-state index contributed by atoms with van der Waals surface area (Å²) in [5, 5.41) is 13.4. The van der Waals surface area contributed by atoms with Gasteiger partial charge in [-0.05, 0) is 23.6 Å². The third-order valence-corrected chi connectivity index (χ3v) is 3.17. The first-order valence-corrected chi connectivity index (χ1v) is 5.80. The third kappa shape index (κ3) is 2.36. The number of thiophene rings is 1. The summed E-state index contributed by atoms with van der Waals surface area (Å²) in [5.41, 5.74) is 5.36. The molecule has 3 N–H and O–H groups in total. The molecule has 0 bridgehead atoms. The molecule has 0 saturated carbocycles. The number of oxime groups is 1. The van der Waals surface area contributed by atoms with E-state index in [4.69, 9.17) is 10.9 Å². The van der Waals surface area contributed by atoms with Gasteiger partial charge in [-0.25, -0.2) is 0 Å². The molecule has 2 heterocycles. The van der Waals surface area contributed by atoms with Gasteiger partial charge in [-0.2, -0.15) is 0 Å². The summed E-state index contributed by atoms with van der Waals surface area (Å²) in [6.07, 6.45) is 1.68. The van der Waals surface area contributed by atoms with Gasteiger partial charge in [-0.3, -0.25) is 4.79 Å².